The minimum atomic E-state index is 0.115. The van der Waals surface area contributed by atoms with Gasteiger partial charge in [0.15, 0.2) is 0 Å². The highest BCUT2D eigenvalue weighted by Gasteiger charge is 2.05. The molecule has 0 unspecified atom stereocenters. The van der Waals surface area contributed by atoms with Gasteiger partial charge in [0.25, 0.3) is 0 Å². The van der Waals surface area contributed by atoms with Crippen LogP contribution in [0.3, 0.4) is 0 Å². The molecule has 0 spiro atoms. The molecule has 3 aromatic rings. The molecule has 0 fully saturated rings. The van der Waals surface area contributed by atoms with Crippen molar-refractivity contribution in [1.29, 1.82) is 0 Å². The van der Waals surface area contributed by atoms with Crippen molar-refractivity contribution in [2.75, 3.05) is 6.54 Å². The molecule has 3 rings (SSSR count). The third kappa shape index (κ3) is 3.89. The van der Waals surface area contributed by atoms with Gasteiger partial charge in [-0.3, -0.25) is 4.79 Å². The van der Waals surface area contributed by atoms with Crippen molar-refractivity contribution < 1.29 is 4.79 Å². The smallest absolute Gasteiger partial charge is 0.220 e. The molecule has 0 atom stereocenters. The van der Waals surface area contributed by atoms with Crippen LogP contribution in [0, 0.1) is 0 Å². The summed E-state index contributed by atoms with van der Waals surface area (Å²) < 4.78 is 1.21. The Morgan fingerprint density at radius 3 is 2.86 bits per heavy atom. The number of fused-ring (bicyclic) bond motifs is 1. The van der Waals surface area contributed by atoms with Gasteiger partial charge in [-0.25, -0.2) is 4.98 Å². The maximum Gasteiger partial charge on any atom is 0.220 e. The third-order valence-corrected chi connectivity index (χ3v) is 5.21. The van der Waals surface area contributed by atoms with Gasteiger partial charge in [0.2, 0.25) is 5.91 Å². The number of benzene rings is 1. The average Bonchev–Trinajstić information content (AvgIpc) is 3.14. The molecule has 3 nitrogen and oxygen atoms in total. The molecule has 0 bridgehead atoms. The van der Waals surface area contributed by atoms with Crippen LogP contribution in [0.1, 0.15) is 16.3 Å². The van der Waals surface area contributed by atoms with Gasteiger partial charge in [0.05, 0.1) is 15.2 Å². The Morgan fingerprint density at radius 1 is 1.14 bits per heavy atom. The number of amides is 1. The van der Waals surface area contributed by atoms with Crippen LogP contribution in [0.2, 0.25) is 0 Å². The van der Waals surface area contributed by atoms with Gasteiger partial charge in [0, 0.05) is 24.3 Å². The number of aryl methyl sites for hydroxylation is 1. The van der Waals surface area contributed by atoms with Gasteiger partial charge in [0.1, 0.15) is 0 Å². The number of para-hydroxylation sites is 1. The fourth-order valence-electron chi connectivity index (χ4n) is 2.12. The summed E-state index contributed by atoms with van der Waals surface area (Å²) in [5.74, 6) is 0.115. The maximum atomic E-state index is 11.8. The molecule has 0 aliphatic heterocycles. The Bertz CT molecular complexity index is 686. The van der Waals surface area contributed by atoms with E-state index in [1.54, 1.807) is 22.7 Å². The zero-order valence-corrected chi connectivity index (χ0v) is 13.2. The van der Waals surface area contributed by atoms with Crippen LogP contribution < -0.4 is 5.32 Å². The summed E-state index contributed by atoms with van der Waals surface area (Å²) in [6.45, 7) is 0.656. The molecule has 1 amide bonds. The SMILES string of the molecule is O=C(CCc1cccs1)NCCc1nc2ccccc2s1. The summed E-state index contributed by atoms with van der Waals surface area (Å²) in [5.41, 5.74) is 1.04. The molecule has 0 saturated heterocycles. The number of rotatable bonds is 6. The number of aromatic nitrogens is 1. The van der Waals surface area contributed by atoms with Crippen LogP contribution in [-0.4, -0.2) is 17.4 Å². The molecule has 1 aromatic carbocycles. The van der Waals surface area contributed by atoms with Crippen LogP contribution in [0.25, 0.3) is 10.2 Å². The van der Waals surface area contributed by atoms with Crippen molar-refractivity contribution in [2.24, 2.45) is 0 Å². The van der Waals surface area contributed by atoms with Gasteiger partial charge >= 0.3 is 0 Å². The Labute approximate surface area is 131 Å². The van der Waals surface area contributed by atoms with Gasteiger partial charge < -0.3 is 5.32 Å². The number of thiazole rings is 1. The standard InChI is InChI=1S/C16H16N2OS2/c19-15(8-7-12-4-3-11-20-12)17-10-9-16-18-13-5-1-2-6-14(13)21-16/h1-6,11H,7-10H2,(H,17,19). The fourth-order valence-corrected chi connectivity index (χ4v) is 3.79. The van der Waals surface area contributed by atoms with E-state index in [2.05, 4.69) is 22.4 Å². The number of thiophene rings is 1. The minimum absolute atomic E-state index is 0.115. The van der Waals surface area contributed by atoms with Crippen molar-refractivity contribution in [3.8, 4) is 0 Å². The zero-order chi connectivity index (χ0) is 14.5. The molecule has 2 heterocycles. The summed E-state index contributed by atoms with van der Waals surface area (Å²) in [5, 5.41) is 6.09. The highest BCUT2D eigenvalue weighted by atomic mass is 32.1. The molecule has 1 N–H and O–H groups in total. The van der Waals surface area contributed by atoms with Crippen LogP contribution in [0.5, 0.6) is 0 Å². The number of hydrogen-bond donors (Lipinski definition) is 1. The minimum Gasteiger partial charge on any atom is -0.356 e. The van der Waals surface area contributed by atoms with Crippen molar-refractivity contribution >= 4 is 38.8 Å². The Kier molecular flexibility index (Phi) is 4.62. The van der Waals surface area contributed by atoms with Crippen LogP contribution >= 0.6 is 22.7 Å². The predicted molar refractivity (Wildman–Crippen MR) is 89.0 cm³/mol. The van der Waals surface area contributed by atoms with Gasteiger partial charge in [-0.05, 0) is 30.0 Å². The molecule has 108 valence electrons. The van der Waals surface area contributed by atoms with Crippen molar-refractivity contribution in [3.63, 3.8) is 0 Å². The first kappa shape index (κ1) is 14.2. The van der Waals surface area contributed by atoms with Gasteiger partial charge in [-0.1, -0.05) is 18.2 Å². The predicted octanol–water partition coefficient (Wildman–Crippen LogP) is 3.65. The molecule has 0 aliphatic carbocycles. The molecule has 0 radical (unpaired) electrons. The number of nitrogens with zero attached hydrogens (tertiary/aromatic N) is 1. The van der Waals surface area contributed by atoms with Crippen LogP contribution in [0.15, 0.2) is 41.8 Å². The average molecular weight is 316 g/mol. The summed E-state index contributed by atoms with van der Waals surface area (Å²) in [6.07, 6.45) is 2.18. The van der Waals surface area contributed by atoms with E-state index in [0.29, 0.717) is 13.0 Å². The lowest BCUT2D eigenvalue weighted by Crippen LogP contribution is -2.25. The highest BCUT2D eigenvalue weighted by molar-refractivity contribution is 7.18. The summed E-state index contributed by atoms with van der Waals surface area (Å²) in [7, 11) is 0. The first-order valence-corrected chi connectivity index (χ1v) is 8.64. The lowest BCUT2D eigenvalue weighted by atomic mass is 10.2. The summed E-state index contributed by atoms with van der Waals surface area (Å²) in [4.78, 5) is 17.6. The Balaban J connectivity index is 1.44. The van der Waals surface area contributed by atoms with E-state index >= 15 is 0 Å². The normalized spacial score (nSPS) is 10.9. The van der Waals surface area contributed by atoms with Crippen molar-refractivity contribution in [2.45, 2.75) is 19.3 Å². The van der Waals surface area contributed by atoms with E-state index < -0.39 is 0 Å². The van der Waals surface area contributed by atoms with Gasteiger partial charge in [-0.2, -0.15) is 0 Å². The van der Waals surface area contributed by atoms with Crippen LogP contribution in [0.4, 0.5) is 0 Å². The van der Waals surface area contributed by atoms with Gasteiger partial charge in [-0.15, -0.1) is 22.7 Å². The first-order valence-electron chi connectivity index (χ1n) is 6.95. The quantitative estimate of drug-likeness (QED) is 0.754. The molecule has 2 aromatic heterocycles. The zero-order valence-electron chi connectivity index (χ0n) is 11.5. The van der Waals surface area contributed by atoms with E-state index in [1.807, 2.05) is 29.6 Å². The fraction of sp³-hybridized carbons (Fsp3) is 0.250. The second kappa shape index (κ2) is 6.83. The summed E-state index contributed by atoms with van der Waals surface area (Å²) in [6, 6.07) is 12.2. The van der Waals surface area contributed by atoms with E-state index in [-0.39, 0.29) is 5.91 Å². The number of carbonyl (C=O) groups excluding carboxylic acids is 1. The molecule has 0 saturated carbocycles. The monoisotopic (exact) mass is 316 g/mol. The number of hydrogen-bond acceptors (Lipinski definition) is 4. The topological polar surface area (TPSA) is 42.0 Å². The van der Waals surface area contributed by atoms with E-state index in [0.717, 1.165) is 23.4 Å². The maximum absolute atomic E-state index is 11.8. The van der Waals surface area contributed by atoms with E-state index in [9.17, 15) is 4.79 Å². The summed E-state index contributed by atoms with van der Waals surface area (Å²) >= 11 is 3.40. The first-order chi connectivity index (χ1) is 10.3. The van der Waals surface area contributed by atoms with E-state index in [1.165, 1.54) is 9.58 Å². The molecular formula is C16H16N2OS2. The number of nitrogens with one attached hydrogen (secondary N) is 1. The largest absolute Gasteiger partial charge is 0.356 e. The molecule has 0 aliphatic rings. The van der Waals surface area contributed by atoms with E-state index in [4.69, 9.17) is 0 Å². The second-order valence-corrected chi connectivity index (χ2v) is 6.90. The number of carbonyl (C=O) groups is 1. The molecular weight excluding hydrogens is 300 g/mol. The van der Waals surface area contributed by atoms with Crippen LogP contribution in [-0.2, 0) is 17.6 Å². The third-order valence-electron chi connectivity index (χ3n) is 3.18. The van der Waals surface area contributed by atoms with Crippen molar-refractivity contribution in [3.05, 3.63) is 51.7 Å². The highest BCUT2D eigenvalue weighted by Crippen LogP contribution is 2.21. The Hall–Kier alpha value is -1.72. The Morgan fingerprint density at radius 2 is 2.05 bits per heavy atom. The second-order valence-electron chi connectivity index (χ2n) is 4.75. The van der Waals surface area contributed by atoms with Crippen molar-refractivity contribution in [1.82, 2.24) is 10.3 Å². The lowest BCUT2D eigenvalue weighted by molar-refractivity contribution is -0.121. The molecule has 5 heteroatoms. The molecule has 21 heavy (non-hydrogen) atoms. The lowest BCUT2D eigenvalue weighted by Gasteiger charge is -2.02.